The Kier molecular flexibility index (Phi) is 4.50. The molecule has 0 saturated carbocycles. The predicted molar refractivity (Wildman–Crippen MR) is 125 cm³/mol. The summed E-state index contributed by atoms with van der Waals surface area (Å²) in [4.78, 5) is 31.8. The van der Waals surface area contributed by atoms with E-state index in [1.165, 1.54) is 0 Å². The molecule has 2 aliphatic rings. The predicted octanol–water partition coefficient (Wildman–Crippen LogP) is 4.40. The van der Waals surface area contributed by atoms with E-state index in [0.29, 0.717) is 22.4 Å². The van der Waals surface area contributed by atoms with Crippen molar-refractivity contribution in [1.29, 1.82) is 0 Å². The fourth-order valence-corrected chi connectivity index (χ4v) is 4.57. The Morgan fingerprint density at radius 1 is 0.970 bits per heavy atom. The summed E-state index contributed by atoms with van der Waals surface area (Å²) in [7, 11) is 0. The number of carbonyl (C=O) groups excluding carboxylic acids is 1. The van der Waals surface area contributed by atoms with Gasteiger partial charge in [0, 0.05) is 22.5 Å². The molecule has 162 valence electrons. The molecular weight excluding hydrogens is 416 g/mol. The number of aromatic amines is 1. The minimum atomic E-state index is -0.445. The number of fused-ring (bicyclic) bond motifs is 3. The third-order valence-electron chi connectivity index (χ3n) is 6.17. The first-order valence-corrected chi connectivity index (χ1v) is 10.8. The molecule has 4 aromatic rings. The number of amides is 1. The maximum Gasteiger partial charge on any atom is 0.247 e. The van der Waals surface area contributed by atoms with Crippen LogP contribution in [0.15, 0.2) is 83.7 Å². The molecule has 0 saturated heterocycles. The van der Waals surface area contributed by atoms with Crippen LogP contribution in [-0.4, -0.2) is 22.6 Å². The lowest BCUT2D eigenvalue weighted by atomic mass is 10.0. The number of aromatic nitrogens is 1. The molecule has 6 heteroatoms. The molecule has 0 fully saturated rings. The Morgan fingerprint density at radius 3 is 2.64 bits per heavy atom. The number of nitrogens with one attached hydrogen (secondary N) is 1. The normalized spacial score (nSPS) is 16.5. The van der Waals surface area contributed by atoms with Crippen molar-refractivity contribution in [3.8, 4) is 11.5 Å². The lowest BCUT2D eigenvalue weighted by Gasteiger charge is -2.24. The fourth-order valence-electron chi connectivity index (χ4n) is 4.57. The second-order valence-electron chi connectivity index (χ2n) is 8.12. The summed E-state index contributed by atoms with van der Waals surface area (Å²) in [5.74, 6) is 1.14. The number of hydrogen-bond acceptors (Lipinski definition) is 4. The summed E-state index contributed by atoms with van der Waals surface area (Å²) >= 11 is 0. The summed E-state index contributed by atoms with van der Waals surface area (Å²) in [5.41, 5.74) is 3.83. The molecule has 2 aliphatic heterocycles. The number of ether oxygens (including phenoxy) is 2. The van der Waals surface area contributed by atoms with Gasteiger partial charge in [0.2, 0.25) is 12.7 Å². The van der Waals surface area contributed by atoms with Gasteiger partial charge < -0.3 is 19.4 Å². The van der Waals surface area contributed by atoms with Crippen molar-refractivity contribution in [2.24, 2.45) is 0 Å². The summed E-state index contributed by atoms with van der Waals surface area (Å²) < 4.78 is 11.0. The van der Waals surface area contributed by atoms with Crippen LogP contribution in [0.25, 0.3) is 17.0 Å². The molecule has 1 amide bonds. The number of carbonyl (C=O) groups is 1. The molecule has 0 radical (unpaired) electrons. The van der Waals surface area contributed by atoms with E-state index in [2.05, 4.69) is 4.98 Å². The van der Waals surface area contributed by atoms with Crippen molar-refractivity contribution < 1.29 is 14.3 Å². The number of pyridine rings is 1. The Hall–Kier alpha value is -4.32. The highest BCUT2D eigenvalue weighted by atomic mass is 16.7. The van der Waals surface area contributed by atoms with E-state index in [1.54, 1.807) is 17.1 Å². The van der Waals surface area contributed by atoms with Crippen molar-refractivity contribution >= 4 is 22.9 Å². The van der Waals surface area contributed by atoms with Crippen LogP contribution in [0, 0.1) is 0 Å². The average Bonchev–Trinajstić information content (AvgIpc) is 3.48. The number of H-pyrrole nitrogens is 1. The maximum absolute atomic E-state index is 13.4. The van der Waals surface area contributed by atoms with Crippen molar-refractivity contribution in [1.82, 2.24) is 9.88 Å². The number of rotatable bonds is 3. The third kappa shape index (κ3) is 3.27. The van der Waals surface area contributed by atoms with Crippen molar-refractivity contribution in [2.45, 2.75) is 12.6 Å². The molecule has 6 nitrogen and oxygen atoms in total. The van der Waals surface area contributed by atoms with Crippen LogP contribution in [0.1, 0.15) is 28.4 Å². The zero-order valence-corrected chi connectivity index (χ0v) is 17.7. The van der Waals surface area contributed by atoms with Gasteiger partial charge in [-0.3, -0.25) is 9.59 Å². The zero-order chi connectivity index (χ0) is 22.4. The molecule has 0 aliphatic carbocycles. The molecule has 3 heterocycles. The molecule has 0 bridgehead atoms. The van der Waals surface area contributed by atoms with Crippen molar-refractivity contribution in [3.63, 3.8) is 0 Å². The Balaban J connectivity index is 1.47. The summed E-state index contributed by atoms with van der Waals surface area (Å²) in [6.45, 7) is 0.399. The van der Waals surface area contributed by atoms with Crippen LogP contribution in [0.4, 0.5) is 0 Å². The second-order valence-corrected chi connectivity index (χ2v) is 8.12. The van der Waals surface area contributed by atoms with Gasteiger partial charge in [0.1, 0.15) is 0 Å². The number of para-hydroxylation sites is 1. The maximum atomic E-state index is 13.4. The molecule has 33 heavy (non-hydrogen) atoms. The van der Waals surface area contributed by atoms with Crippen LogP contribution in [-0.2, 0) is 11.3 Å². The van der Waals surface area contributed by atoms with Gasteiger partial charge >= 0.3 is 0 Å². The molecule has 1 atom stereocenters. The van der Waals surface area contributed by atoms with Gasteiger partial charge in [0.25, 0.3) is 0 Å². The SMILES string of the molecule is O=C(/C=C/c1ccccc1)N1Cc2c([nH]c3ccccc3c2=O)C1c1ccc2c(c1)OCO2. The lowest BCUT2D eigenvalue weighted by Crippen LogP contribution is -2.29. The molecular formula is C27H20N2O4. The van der Waals surface area contributed by atoms with Gasteiger partial charge in [-0.1, -0.05) is 48.5 Å². The number of nitrogens with zero attached hydrogens (tertiary/aromatic N) is 1. The van der Waals surface area contributed by atoms with E-state index in [4.69, 9.17) is 9.47 Å². The average molecular weight is 436 g/mol. The fraction of sp³-hybridized carbons (Fsp3) is 0.111. The number of benzene rings is 3. The first kappa shape index (κ1) is 19.4. The Morgan fingerprint density at radius 2 is 1.76 bits per heavy atom. The molecule has 6 rings (SSSR count). The van der Waals surface area contributed by atoms with Crippen molar-refractivity contribution in [2.75, 3.05) is 6.79 Å². The minimum absolute atomic E-state index is 0.0487. The van der Waals surface area contributed by atoms with Gasteiger partial charge in [-0.25, -0.2) is 0 Å². The van der Waals surface area contributed by atoms with Crippen LogP contribution in [0.3, 0.4) is 0 Å². The molecule has 3 aromatic carbocycles. The molecule has 1 aromatic heterocycles. The van der Waals surface area contributed by atoms with E-state index in [0.717, 1.165) is 22.3 Å². The molecule has 1 N–H and O–H groups in total. The smallest absolute Gasteiger partial charge is 0.247 e. The molecule has 1 unspecified atom stereocenters. The van der Waals surface area contributed by atoms with Crippen LogP contribution >= 0.6 is 0 Å². The van der Waals surface area contributed by atoms with Gasteiger partial charge in [-0.05, 0) is 41.5 Å². The lowest BCUT2D eigenvalue weighted by molar-refractivity contribution is -0.127. The monoisotopic (exact) mass is 436 g/mol. The van der Waals surface area contributed by atoms with E-state index >= 15 is 0 Å². The van der Waals surface area contributed by atoms with Gasteiger partial charge in [0.15, 0.2) is 16.9 Å². The minimum Gasteiger partial charge on any atom is -0.454 e. The number of hydrogen-bond donors (Lipinski definition) is 1. The van der Waals surface area contributed by atoms with Gasteiger partial charge in [-0.15, -0.1) is 0 Å². The van der Waals surface area contributed by atoms with Crippen LogP contribution < -0.4 is 14.9 Å². The second kappa shape index (κ2) is 7.67. The standard InChI is InChI=1S/C27H20N2O4/c30-24(13-10-17-6-2-1-3-7-17)29-15-20-25(28-21-9-5-4-8-19(21)27(20)31)26(29)18-11-12-22-23(14-18)33-16-32-22/h1-14,26H,15-16H2,(H,28,31)/b13-10+. The van der Waals surface area contributed by atoms with Crippen LogP contribution in [0.2, 0.25) is 0 Å². The van der Waals surface area contributed by atoms with E-state index in [1.807, 2.05) is 72.8 Å². The van der Waals surface area contributed by atoms with Gasteiger partial charge in [0.05, 0.1) is 18.3 Å². The highest BCUT2D eigenvalue weighted by Gasteiger charge is 2.37. The first-order chi connectivity index (χ1) is 16.2. The molecule has 0 spiro atoms. The van der Waals surface area contributed by atoms with E-state index in [-0.39, 0.29) is 24.7 Å². The van der Waals surface area contributed by atoms with Crippen molar-refractivity contribution in [3.05, 3.63) is 111 Å². The Bertz CT molecular complexity index is 1470. The van der Waals surface area contributed by atoms with Gasteiger partial charge in [-0.2, -0.15) is 0 Å². The Labute approximate surface area is 189 Å². The quantitative estimate of drug-likeness (QED) is 0.483. The van der Waals surface area contributed by atoms with Crippen LogP contribution in [0.5, 0.6) is 11.5 Å². The topological polar surface area (TPSA) is 71.6 Å². The first-order valence-electron chi connectivity index (χ1n) is 10.8. The summed E-state index contributed by atoms with van der Waals surface area (Å²) in [5, 5.41) is 0.620. The third-order valence-corrected chi connectivity index (χ3v) is 6.17. The zero-order valence-electron chi connectivity index (χ0n) is 17.7. The highest BCUT2D eigenvalue weighted by Crippen LogP contribution is 2.41. The largest absolute Gasteiger partial charge is 0.454 e. The highest BCUT2D eigenvalue weighted by molar-refractivity contribution is 5.93. The van der Waals surface area contributed by atoms with E-state index in [9.17, 15) is 9.59 Å². The summed E-state index contributed by atoms with van der Waals surface area (Å²) in [6.07, 6.45) is 3.35. The van der Waals surface area contributed by atoms with E-state index < -0.39 is 6.04 Å². The summed E-state index contributed by atoms with van der Waals surface area (Å²) in [6, 6.07) is 22.3.